The van der Waals surface area contributed by atoms with E-state index in [-0.39, 0.29) is 17.3 Å². The van der Waals surface area contributed by atoms with Crippen molar-refractivity contribution in [1.29, 1.82) is 0 Å². The lowest BCUT2D eigenvalue weighted by Crippen LogP contribution is -2.17. The van der Waals surface area contributed by atoms with Crippen LogP contribution in [-0.2, 0) is 0 Å². The predicted octanol–water partition coefficient (Wildman–Crippen LogP) is 3.63. The molecule has 2 unspecified atom stereocenters. The Kier molecular flexibility index (Phi) is 2.63. The molecule has 1 fully saturated rings. The summed E-state index contributed by atoms with van der Waals surface area (Å²) in [5.74, 6) is 0.189. The van der Waals surface area contributed by atoms with Crippen LogP contribution >= 0.6 is 15.9 Å². The van der Waals surface area contributed by atoms with Crippen LogP contribution in [-0.4, -0.2) is 0 Å². The third kappa shape index (κ3) is 1.95. The van der Waals surface area contributed by atoms with Crippen LogP contribution in [0.25, 0.3) is 0 Å². The molecule has 0 amide bonds. The van der Waals surface area contributed by atoms with Gasteiger partial charge in [-0.3, -0.25) is 0 Å². The van der Waals surface area contributed by atoms with Crippen LogP contribution < -0.4 is 5.73 Å². The zero-order valence-corrected chi connectivity index (χ0v) is 10.5. The molecular formula is C12H15BrFN. The summed E-state index contributed by atoms with van der Waals surface area (Å²) < 4.78 is 14.3. The molecule has 2 N–H and O–H groups in total. The van der Waals surface area contributed by atoms with Gasteiger partial charge >= 0.3 is 0 Å². The fourth-order valence-electron chi connectivity index (χ4n) is 2.12. The van der Waals surface area contributed by atoms with Crippen molar-refractivity contribution >= 4 is 15.9 Å². The van der Waals surface area contributed by atoms with E-state index in [0.717, 1.165) is 6.42 Å². The lowest BCUT2D eigenvalue weighted by atomic mass is 9.97. The van der Waals surface area contributed by atoms with E-state index in [1.54, 1.807) is 12.1 Å². The first-order valence-corrected chi connectivity index (χ1v) is 5.92. The number of nitrogens with two attached hydrogens (primary N) is 1. The Balaban J connectivity index is 2.27. The standard InChI is InChI=1S/C12H15BrFN/c1-12(2)6-8(12)11(15)7-4-3-5-9(13)10(7)14/h3-5,8,11H,6,15H2,1-2H3. The minimum Gasteiger partial charge on any atom is -0.324 e. The summed E-state index contributed by atoms with van der Waals surface area (Å²) >= 11 is 3.18. The van der Waals surface area contributed by atoms with Gasteiger partial charge in [0.25, 0.3) is 0 Å². The fourth-order valence-corrected chi connectivity index (χ4v) is 2.50. The number of rotatable bonds is 2. The average Bonchev–Trinajstić information content (AvgIpc) is 2.79. The zero-order valence-electron chi connectivity index (χ0n) is 8.93. The first-order valence-electron chi connectivity index (χ1n) is 5.13. The molecule has 0 radical (unpaired) electrons. The second kappa shape index (κ2) is 3.56. The Hall–Kier alpha value is -0.410. The predicted molar refractivity (Wildman–Crippen MR) is 62.9 cm³/mol. The highest BCUT2D eigenvalue weighted by atomic mass is 79.9. The SMILES string of the molecule is CC1(C)CC1C(N)c1cccc(Br)c1F. The Morgan fingerprint density at radius 3 is 2.67 bits per heavy atom. The maximum atomic E-state index is 13.8. The topological polar surface area (TPSA) is 26.0 Å². The minimum absolute atomic E-state index is 0.183. The Bertz CT molecular complexity index is 389. The Morgan fingerprint density at radius 2 is 2.13 bits per heavy atom. The van der Waals surface area contributed by atoms with E-state index in [9.17, 15) is 4.39 Å². The third-order valence-electron chi connectivity index (χ3n) is 3.36. The van der Waals surface area contributed by atoms with Crippen LogP contribution in [0.5, 0.6) is 0 Å². The van der Waals surface area contributed by atoms with Gasteiger partial charge in [-0.05, 0) is 39.8 Å². The molecule has 0 aromatic heterocycles. The molecule has 0 spiro atoms. The Morgan fingerprint density at radius 1 is 1.53 bits per heavy atom. The molecule has 1 aromatic carbocycles. The minimum atomic E-state index is -0.215. The molecule has 1 saturated carbocycles. The number of halogens is 2. The fraction of sp³-hybridized carbons (Fsp3) is 0.500. The summed E-state index contributed by atoms with van der Waals surface area (Å²) in [4.78, 5) is 0. The van der Waals surface area contributed by atoms with Gasteiger partial charge in [0.15, 0.2) is 0 Å². The monoisotopic (exact) mass is 271 g/mol. The van der Waals surface area contributed by atoms with Crippen molar-refractivity contribution in [3.63, 3.8) is 0 Å². The van der Waals surface area contributed by atoms with Crippen LogP contribution in [0.4, 0.5) is 4.39 Å². The molecule has 0 bridgehead atoms. The van der Waals surface area contributed by atoms with Crippen molar-refractivity contribution in [2.45, 2.75) is 26.3 Å². The van der Waals surface area contributed by atoms with Crippen molar-refractivity contribution in [3.05, 3.63) is 34.1 Å². The maximum absolute atomic E-state index is 13.8. The molecule has 2 atom stereocenters. The van der Waals surface area contributed by atoms with Crippen molar-refractivity contribution in [2.24, 2.45) is 17.1 Å². The summed E-state index contributed by atoms with van der Waals surface area (Å²) in [5, 5.41) is 0. The van der Waals surface area contributed by atoms with Gasteiger partial charge in [-0.25, -0.2) is 4.39 Å². The molecule has 1 nitrogen and oxygen atoms in total. The molecule has 1 aromatic rings. The van der Waals surface area contributed by atoms with E-state index in [4.69, 9.17) is 5.73 Å². The van der Waals surface area contributed by atoms with Crippen molar-refractivity contribution in [2.75, 3.05) is 0 Å². The first kappa shape index (κ1) is 11.1. The lowest BCUT2D eigenvalue weighted by Gasteiger charge is -2.15. The molecule has 0 aliphatic heterocycles. The highest BCUT2D eigenvalue weighted by Gasteiger charge is 2.49. The molecular weight excluding hydrogens is 257 g/mol. The van der Waals surface area contributed by atoms with Gasteiger partial charge in [-0.15, -0.1) is 0 Å². The number of benzene rings is 1. The summed E-state index contributed by atoms with van der Waals surface area (Å²) in [6.07, 6.45) is 1.08. The van der Waals surface area contributed by atoms with E-state index in [1.807, 2.05) is 6.07 Å². The van der Waals surface area contributed by atoms with Gasteiger partial charge in [0.2, 0.25) is 0 Å². The second-order valence-electron chi connectivity index (χ2n) is 4.97. The van der Waals surface area contributed by atoms with E-state index < -0.39 is 0 Å². The molecule has 3 heteroatoms. The van der Waals surface area contributed by atoms with E-state index in [0.29, 0.717) is 16.0 Å². The van der Waals surface area contributed by atoms with Crippen molar-refractivity contribution in [3.8, 4) is 0 Å². The number of hydrogen-bond donors (Lipinski definition) is 1. The normalized spacial score (nSPS) is 25.0. The van der Waals surface area contributed by atoms with Crippen LogP contribution in [0.2, 0.25) is 0 Å². The summed E-state index contributed by atoms with van der Waals surface area (Å²) in [7, 11) is 0. The smallest absolute Gasteiger partial charge is 0.142 e. The molecule has 82 valence electrons. The van der Waals surface area contributed by atoms with Crippen LogP contribution in [0.1, 0.15) is 31.9 Å². The second-order valence-corrected chi connectivity index (χ2v) is 5.82. The average molecular weight is 272 g/mol. The summed E-state index contributed by atoms with van der Waals surface area (Å²) in [6.45, 7) is 4.35. The van der Waals surface area contributed by atoms with Gasteiger partial charge in [0.05, 0.1) is 4.47 Å². The largest absolute Gasteiger partial charge is 0.324 e. The highest BCUT2D eigenvalue weighted by Crippen LogP contribution is 2.57. The van der Waals surface area contributed by atoms with Crippen LogP contribution in [0, 0.1) is 17.2 Å². The van der Waals surface area contributed by atoms with Crippen molar-refractivity contribution in [1.82, 2.24) is 0 Å². The maximum Gasteiger partial charge on any atom is 0.142 e. The quantitative estimate of drug-likeness (QED) is 0.874. The lowest BCUT2D eigenvalue weighted by molar-refractivity contribution is 0.472. The highest BCUT2D eigenvalue weighted by molar-refractivity contribution is 9.10. The molecule has 15 heavy (non-hydrogen) atoms. The molecule has 0 heterocycles. The Labute approximate surface area is 98.0 Å². The molecule has 0 saturated heterocycles. The van der Waals surface area contributed by atoms with Gasteiger partial charge in [-0.1, -0.05) is 26.0 Å². The summed E-state index contributed by atoms with van der Waals surface area (Å²) in [5.41, 5.74) is 6.98. The third-order valence-corrected chi connectivity index (χ3v) is 3.98. The molecule has 1 aliphatic rings. The van der Waals surface area contributed by atoms with Crippen LogP contribution in [0.3, 0.4) is 0 Å². The van der Waals surface area contributed by atoms with Gasteiger partial charge in [0.1, 0.15) is 5.82 Å². The van der Waals surface area contributed by atoms with Gasteiger partial charge in [0, 0.05) is 11.6 Å². The van der Waals surface area contributed by atoms with Gasteiger partial charge in [-0.2, -0.15) is 0 Å². The number of hydrogen-bond acceptors (Lipinski definition) is 1. The van der Waals surface area contributed by atoms with Crippen molar-refractivity contribution < 1.29 is 4.39 Å². The van der Waals surface area contributed by atoms with Gasteiger partial charge < -0.3 is 5.73 Å². The summed E-state index contributed by atoms with van der Waals surface area (Å²) in [6, 6.07) is 5.12. The van der Waals surface area contributed by atoms with E-state index in [2.05, 4.69) is 29.8 Å². The first-order chi connectivity index (χ1) is 6.93. The van der Waals surface area contributed by atoms with E-state index >= 15 is 0 Å². The van der Waals surface area contributed by atoms with E-state index in [1.165, 1.54) is 0 Å². The van der Waals surface area contributed by atoms with Crippen LogP contribution in [0.15, 0.2) is 22.7 Å². The molecule has 2 rings (SSSR count). The zero-order chi connectivity index (χ0) is 11.2. The molecule has 1 aliphatic carbocycles.